The van der Waals surface area contributed by atoms with Crippen LogP contribution < -0.4 is 11.1 Å². The molecule has 21 heavy (non-hydrogen) atoms. The van der Waals surface area contributed by atoms with Crippen molar-refractivity contribution in [3.05, 3.63) is 34.9 Å². The monoisotopic (exact) mass is 310 g/mol. The van der Waals surface area contributed by atoms with E-state index in [-0.39, 0.29) is 12.0 Å². The second kappa shape index (κ2) is 8.14. The lowest BCUT2D eigenvalue weighted by Gasteiger charge is -2.40. The average molecular weight is 311 g/mol. The summed E-state index contributed by atoms with van der Waals surface area (Å²) in [6.45, 7) is 1.97. The van der Waals surface area contributed by atoms with Crippen LogP contribution in [0.25, 0.3) is 0 Å². The van der Waals surface area contributed by atoms with Crippen molar-refractivity contribution in [2.75, 3.05) is 19.7 Å². The molecule has 1 aliphatic rings. The molecule has 1 fully saturated rings. The lowest BCUT2D eigenvalue weighted by molar-refractivity contribution is 0.246. The van der Waals surface area contributed by atoms with Gasteiger partial charge in [0.15, 0.2) is 0 Å². The molecule has 0 aliphatic heterocycles. The molecule has 3 nitrogen and oxygen atoms in total. The van der Waals surface area contributed by atoms with E-state index in [1.807, 2.05) is 12.1 Å². The van der Waals surface area contributed by atoms with Crippen molar-refractivity contribution in [1.29, 1.82) is 0 Å². The van der Waals surface area contributed by atoms with Crippen LogP contribution in [0.3, 0.4) is 0 Å². The maximum absolute atomic E-state index is 8.80. The van der Waals surface area contributed by atoms with Gasteiger partial charge in [-0.1, -0.05) is 23.7 Å². The van der Waals surface area contributed by atoms with Crippen molar-refractivity contribution in [2.24, 2.45) is 5.73 Å². The Labute approximate surface area is 132 Å². The van der Waals surface area contributed by atoms with Gasteiger partial charge < -0.3 is 16.2 Å². The highest BCUT2D eigenvalue weighted by atomic mass is 35.5. The molecule has 1 saturated carbocycles. The third kappa shape index (κ3) is 4.43. The highest BCUT2D eigenvalue weighted by Crippen LogP contribution is 2.39. The summed E-state index contributed by atoms with van der Waals surface area (Å²) >= 11 is 6.14. The molecule has 118 valence electrons. The number of aliphatic hydroxyl groups is 1. The van der Waals surface area contributed by atoms with E-state index >= 15 is 0 Å². The van der Waals surface area contributed by atoms with Crippen LogP contribution >= 0.6 is 11.6 Å². The van der Waals surface area contributed by atoms with Gasteiger partial charge in [0.05, 0.1) is 0 Å². The highest BCUT2D eigenvalue weighted by molar-refractivity contribution is 6.30. The molecule has 1 aliphatic carbocycles. The highest BCUT2D eigenvalue weighted by Gasteiger charge is 2.35. The van der Waals surface area contributed by atoms with E-state index in [4.69, 9.17) is 22.4 Å². The molecule has 0 heterocycles. The third-order valence-electron chi connectivity index (χ3n) is 4.79. The minimum Gasteiger partial charge on any atom is -0.396 e. The molecule has 4 N–H and O–H groups in total. The van der Waals surface area contributed by atoms with Gasteiger partial charge in [0.2, 0.25) is 0 Å². The number of hydrogen-bond donors (Lipinski definition) is 3. The van der Waals surface area contributed by atoms with Crippen molar-refractivity contribution in [3.63, 3.8) is 0 Å². The predicted molar refractivity (Wildman–Crippen MR) is 88.8 cm³/mol. The maximum Gasteiger partial charge on any atom is 0.0431 e. The summed E-state index contributed by atoms with van der Waals surface area (Å²) in [6, 6.07) is 8.76. The molecule has 1 aromatic carbocycles. The summed E-state index contributed by atoms with van der Waals surface area (Å²) in [5, 5.41) is 13.2. The van der Waals surface area contributed by atoms with Gasteiger partial charge in [-0.3, -0.25) is 0 Å². The van der Waals surface area contributed by atoms with Crippen LogP contribution in [-0.4, -0.2) is 30.8 Å². The lowest BCUT2D eigenvalue weighted by Crippen LogP contribution is -2.44. The summed E-state index contributed by atoms with van der Waals surface area (Å²) in [4.78, 5) is 0. The Morgan fingerprint density at radius 2 is 2.05 bits per heavy atom. The van der Waals surface area contributed by atoms with Crippen LogP contribution in [0, 0.1) is 0 Å². The Kier molecular flexibility index (Phi) is 6.49. The number of benzene rings is 1. The number of aliphatic hydroxyl groups excluding tert-OH is 1. The van der Waals surface area contributed by atoms with E-state index in [0.717, 1.165) is 50.1 Å². The summed E-state index contributed by atoms with van der Waals surface area (Å²) in [5.41, 5.74) is 7.49. The van der Waals surface area contributed by atoms with Gasteiger partial charge in [0.1, 0.15) is 0 Å². The zero-order valence-corrected chi connectivity index (χ0v) is 13.4. The van der Waals surface area contributed by atoms with E-state index in [9.17, 15) is 0 Å². The number of unbranched alkanes of at least 4 members (excludes halogenated alkanes) is 1. The number of nitrogens with one attached hydrogen (secondary N) is 1. The molecular weight excluding hydrogens is 284 g/mol. The van der Waals surface area contributed by atoms with E-state index in [1.165, 1.54) is 5.56 Å². The lowest BCUT2D eigenvalue weighted by atomic mass is 9.68. The fraction of sp³-hybridized carbons (Fsp3) is 0.647. The first-order chi connectivity index (χ1) is 10.2. The fourth-order valence-corrected chi connectivity index (χ4v) is 3.54. The number of rotatable bonds is 7. The first-order valence-electron chi connectivity index (χ1n) is 8.00. The van der Waals surface area contributed by atoms with Gasteiger partial charge in [-0.05, 0) is 62.8 Å². The molecule has 0 aromatic heterocycles. The first-order valence-corrected chi connectivity index (χ1v) is 8.38. The molecule has 1 aromatic rings. The zero-order chi connectivity index (χ0) is 15.1. The van der Waals surface area contributed by atoms with E-state index in [2.05, 4.69) is 17.4 Å². The quantitative estimate of drug-likeness (QED) is 0.679. The molecule has 0 spiro atoms. The SMILES string of the molecule is NCC1(c2cccc(Cl)c2)CCC(NCCCCO)CC1. The Morgan fingerprint density at radius 3 is 2.67 bits per heavy atom. The Morgan fingerprint density at radius 1 is 1.29 bits per heavy atom. The van der Waals surface area contributed by atoms with Gasteiger partial charge in [-0.25, -0.2) is 0 Å². The van der Waals surface area contributed by atoms with Gasteiger partial charge in [-0.15, -0.1) is 0 Å². The van der Waals surface area contributed by atoms with Gasteiger partial charge in [-0.2, -0.15) is 0 Å². The molecular formula is C17H27ClN2O. The summed E-state index contributed by atoms with van der Waals surface area (Å²) in [5.74, 6) is 0. The summed E-state index contributed by atoms with van der Waals surface area (Å²) < 4.78 is 0. The Balaban J connectivity index is 1.90. The second-order valence-corrected chi connectivity index (χ2v) is 6.59. The summed E-state index contributed by atoms with van der Waals surface area (Å²) in [7, 11) is 0. The molecule has 0 unspecified atom stereocenters. The summed E-state index contributed by atoms with van der Waals surface area (Å²) in [6.07, 6.45) is 6.47. The van der Waals surface area contributed by atoms with E-state index in [0.29, 0.717) is 12.6 Å². The van der Waals surface area contributed by atoms with Crippen molar-refractivity contribution in [2.45, 2.75) is 50.0 Å². The number of halogens is 1. The van der Waals surface area contributed by atoms with Crippen LogP contribution in [0.1, 0.15) is 44.1 Å². The average Bonchev–Trinajstić information content (AvgIpc) is 2.52. The normalized spacial score (nSPS) is 26.0. The molecule has 0 bridgehead atoms. The zero-order valence-electron chi connectivity index (χ0n) is 12.7. The van der Waals surface area contributed by atoms with Crippen molar-refractivity contribution < 1.29 is 5.11 Å². The third-order valence-corrected chi connectivity index (χ3v) is 5.02. The smallest absolute Gasteiger partial charge is 0.0431 e. The molecule has 0 atom stereocenters. The van der Waals surface area contributed by atoms with Crippen molar-refractivity contribution in [3.8, 4) is 0 Å². The van der Waals surface area contributed by atoms with Crippen molar-refractivity contribution >= 4 is 11.6 Å². The molecule has 4 heteroatoms. The van der Waals surface area contributed by atoms with Gasteiger partial charge in [0, 0.05) is 29.6 Å². The van der Waals surface area contributed by atoms with E-state index in [1.54, 1.807) is 0 Å². The van der Waals surface area contributed by atoms with Crippen LogP contribution in [0.15, 0.2) is 24.3 Å². The van der Waals surface area contributed by atoms with Gasteiger partial charge >= 0.3 is 0 Å². The van der Waals surface area contributed by atoms with Crippen LogP contribution in [0.2, 0.25) is 5.02 Å². The standard InChI is InChI=1S/C17H27ClN2O/c18-15-5-3-4-14(12-15)17(13-19)8-6-16(7-9-17)20-10-1-2-11-21/h3-5,12,16,20-21H,1-2,6-11,13,19H2. The minimum absolute atomic E-state index is 0.0914. The molecule has 0 radical (unpaired) electrons. The van der Waals surface area contributed by atoms with Crippen LogP contribution in [0.4, 0.5) is 0 Å². The van der Waals surface area contributed by atoms with Crippen LogP contribution in [-0.2, 0) is 5.41 Å². The molecule has 0 saturated heterocycles. The Bertz CT molecular complexity index is 431. The number of nitrogens with two attached hydrogens (primary N) is 1. The predicted octanol–water partition coefficient (Wildman–Crippen LogP) is 2.84. The minimum atomic E-state index is 0.0914. The Hall–Kier alpha value is -0.610. The maximum atomic E-state index is 8.80. The topological polar surface area (TPSA) is 58.3 Å². The largest absolute Gasteiger partial charge is 0.396 e. The van der Waals surface area contributed by atoms with E-state index < -0.39 is 0 Å². The van der Waals surface area contributed by atoms with Gasteiger partial charge in [0.25, 0.3) is 0 Å². The second-order valence-electron chi connectivity index (χ2n) is 6.15. The molecule has 2 rings (SSSR count). The molecule has 0 amide bonds. The fourth-order valence-electron chi connectivity index (χ4n) is 3.35. The first kappa shape index (κ1) is 16.8. The van der Waals surface area contributed by atoms with Crippen LogP contribution in [0.5, 0.6) is 0 Å². The van der Waals surface area contributed by atoms with Crippen molar-refractivity contribution in [1.82, 2.24) is 5.32 Å². The number of hydrogen-bond acceptors (Lipinski definition) is 3.